The number of carbonyl (C=O) groups is 4. The summed E-state index contributed by atoms with van der Waals surface area (Å²) < 4.78 is 17.1. The van der Waals surface area contributed by atoms with E-state index in [1.807, 2.05) is 43.9 Å². The highest BCUT2D eigenvalue weighted by Crippen LogP contribution is 2.43. The first kappa shape index (κ1) is 35.9. The summed E-state index contributed by atoms with van der Waals surface area (Å²) >= 11 is 0. The Morgan fingerprint density at radius 1 is 1.08 bits per heavy atom. The van der Waals surface area contributed by atoms with Crippen molar-refractivity contribution in [2.75, 3.05) is 69.8 Å². The molecule has 268 valence electrons. The van der Waals surface area contributed by atoms with Crippen molar-refractivity contribution in [1.29, 1.82) is 0 Å². The molecule has 0 unspecified atom stereocenters. The lowest BCUT2D eigenvalue weighted by Gasteiger charge is -2.40. The smallest absolute Gasteiger partial charge is 0.410 e. The molecule has 12 nitrogen and oxygen atoms in total. The highest BCUT2D eigenvalue weighted by molar-refractivity contribution is 6.04. The van der Waals surface area contributed by atoms with Crippen molar-refractivity contribution in [1.82, 2.24) is 15.1 Å². The number of hydrogen-bond acceptors (Lipinski definition) is 8. The highest BCUT2D eigenvalue weighted by Gasteiger charge is 2.45. The van der Waals surface area contributed by atoms with E-state index in [0.29, 0.717) is 55.6 Å². The van der Waals surface area contributed by atoms with Crippen molar-refractivity contribution in [3.8, 4) is 5.75 Å². The van der Waals surface area contributed by atoms with Gasteiger partial charge in [0.15, 0.2) is 5.60 Å². The van der Waals surface area contributed by atoms with Gasteiger partial charge in [0.1, 0.15) is 11.4 Å². The van der Waals surface area contributed by atoms with E-state index in [1.165, 1.54) is 4.90 Å². The van der Waals surface area contributed by atoms with Gasteiger partial charge in [0.25, 0.3) is 5.91 Å². The number of benzene rings is 1. The number of nitrogens with zero attached hydrogens (tertiary/aromatic N) is 4. The monoisotopic (exact) mass is 671 g/mol. The molecule has 4 aliphatic rings. The van der Waals surface area contributed by atoms with Crippen LogP contribution in [0.4, 0.5) is 16.2 Å². The van der Waals surface area contributed by atoms with Crippen molar-refractivity contribution in [3.63, 3.8) is 0 Å². The molecule has 0 bridgehead atoms. The molecule has 4 amide bonds. The van der Waals surface area contributed by atoms with E-state index in [1.54, 1.807) is 25.9 Å². The molecule has 5 rings (SSSR count). The van der Waals surface area contributed by atoms with Gasteiger partial charge in [-0.25, -0.2) is 4.79 Å². The third-order valence-corrected chi connectivity index (χ3v) is 9.74. The fourth-order valence-electron chi connectivity index (χ4n) is 6.94. The van der Waals surface area contributed by atoms with E-state index in [-0.39, 0.29) is 38.3 Å². The molecule has 3 aliphatic heterocycles. The van der Waals surface area contributed by atoms with Gasteiger partial charge in [-0.2, -0.15) is 0 Å². The summed E-state index contributed by atoms with van der Waals surface area (Å²) in [7, 11) is 3.75. The second kappa shape index (κ2) is 14.6. The van der Waals surface area contributed by atoms with Gasteiger partial charge in [0.2, 0.25) is 11.8 Å². The van der Waals surface area contributed by atoms with Crippen LogP contribution < -0.4 is 19.9 Å². The summed E-state index contributed by atoms with van der Waals surface area (Å²) in [6.45, 7) is 12.9. The summed E-state index contributed by atoms with van der Waals surface area (Å²) in [5, 5.41) is 3.15. The zero-order chi connectivity index (χ0) is 34.8. The second-order valence-electron chi connectivity index (χ2n) is 15.5. The average Bonchev–Trinajstić information content (AvgIpc) is 3.87. The van der Waals surface area contributed by atoms with Crippen LogP contribution in [0.5, 0.6) is 5.75 Å². The molecule has 0 spiro atoms. The molecule has 48 heavy (non-hydrogen) atoms. The fourth-order valence-corrected chi connectivity index (χ4v) is 6.94. The molecule has 2 atom stereocenters. The summed E-state index contributed by atoms with van der Waals surface area (Å²) in [6, 6.07) is 5.57. The molecular weight excluding hydrogens is 614 g/mol. The predicted octanol–water partition coefficient (Wildman–Crippen LogP) is 4.30. The standard InChI is InChI=1S/C36H55N5O7.H2/c1-35(2,3)48-34(45)39-22-25(31(42)37-21-24-13-16-38(6)17-14-24)19-26(23-39)32(43)41(27-9-10-27)28-11-12-30-29(20-28)40(15-8-18-46-7)33(44)36(4,5)47-30;/h11-12,20,24-27H,8-10,13-19,21-23H2,1-7H3,(H,37,42);1H/t25-,26+;/m0./s1. The molecule has 1 N–H and O–H groups in total. The lowest BCUT2D eigenvalue weighted by atomic mass is 9.87. The first-order chi connectivity index (χ1) is 22.7. The molecule has 1 aliphatic carbocycles. The minimum Gasteiger partial charge on any atom is -0.476 e. The Kier molecular flexibility index (Phi) is 10.9. The third-order valence-electron chi connectivity index (χ3n) is 9.74. The molecule has 0 radical (unpaired) electrons. The molecule has 3 heterocycles. The zero-order valence-corrected chi connectivity index (χ0v) is 29.9. The Labute approximate surface area is 286 Å². The van der Waals surface area contributed by atoms with Crippen LogP contribution in [-0.2, 0) is 23.9 Å². The van der Waals surface area contributed by atoms with Crippen LogP contribution in [-0.4, -0.2) is 111 Å². The van der Waals surface area contributed by atoms with Gasteiger partial charge >= 0.3 is 6.09 Å². The lowest BCUT2D eigenvalue weighted by molar-refractivity contribution is -0.133. The summed E-state index contributed by atoms with van der Waals surface area (Å²) in [4.78, 5) is 62.3. The topological polar surface area (TPSA) is 121 Å². The van der Waals surface area contributed by atoms with Crippen molar-refractivity contribution < 1.29 is 34.8 Å². The average molecular weight is 672 g/mol. The maximum absolute atomic E-state index is 14.5. The molecule has 12 heteroatoms. The Morgan fingerprint density at radius 3 is 2.42 bits per heavy atom. The highest BCUT2D eigenvalue weighted by atomic mass is 16.6. The number of piperidine rings is 2. The molecular formula is C36H57N5O7. The number of fused-ring (bicyclic) bond motifs is 1. The molecule has 1 saturated carbocycles. The number of carbonyl (C=O) groups excluding carboxylic acids is 4. The van der Waals surface area contributed by atoms with Crippen molar-refractivity contribution >= 4 is 35.2 Å². The summed E-state index contributed by atoms with van der Waals surface area (Å²) in [6.07, 6.45) is 4.23. The maximum atomic E-state index is 14.5. The van der Waals surface area contributed by atoms with E-state index in [4.69, 9.17) is 14.2 Å². The molecule has 1 aromatic carbocycles. The van der Waals surface area contributed by atoms with Crippen LogP contribution in [0.2, 0.25) is 0 Å². The third kappa shape index (κ3) is 8.61. The first-order valence-corrected chi connectivity index (χ1v) is 17.6. The second-order valence-corrected chi connectivity index (χ2v) is 15.5. The van der Waals surface area contributed by atoms with E-state index in [2.05, 4.69) is 17.3 Å². The lowest BCUT2D eigenvalue weighted by Crippen LogP contribution is -2.54. The van der Waals surface area contributed by atoms with Crippen LogP contribution in [0.1, 0.15) is 74.6 Å². The number of methoxy groups -OCH3 is 1. The van der Waals surface area contributed by atoms with E-state index < -0.39 is 29.1 Å². The van der Waals surface area contributed by atoms with Gasteiger partial charge < -0.3 is 39.1 Å². The number of nitrogens with one attached hydrogen (secondary N) is 1. The van der Waals surface area contributed by atoms with E-state index in [9.17, 15) is 19.2 Å². The number of rotatable bonds is 10. The molecule has 2 saturated heterocycles. The van der Waals surface area contributed by atoms with Crippen LogP contribution >= 0.6 is 0 Å². The SMILES string of the molecule is COCCCN1C(=O)C(C)(C)Oc2ccc(N(C(=O)[C@@H]3C[C@H](C(=O)NCC4CCN(C)CC4)CN(C(=O)OC(C)(C)C)C3)C3CC3)cc21.[HH]. The zero-order valence-electron chi connectivity index (χ0n) is 29.9. The molecule has 0 aromatic heterocycles. The number of anilines is 2. The predicted molar refractivity (Wildman–Crippen MR) is 185 cm³/mol. The van der Waals surface area contributed by atoms with Gasteiger partial charge in [-0.15, -0.1) is 0 Å². The van der Waals surface area contributed by atoms with E-state index >= 15 is 0 Å². The summed E-state index contributed by atoms with van der Waals surface area (Å²) in [5.41, 5.74) is -0.445. The number of ether oxygens (including phenoxy) is 3. The Balaban J connectivity index is 0.00000541. The normalized spacial score (nSPS) is 23.3. The fraction of sp³-hybridized carbons (Fsp3) is 0.722. The Bertz CT molecular complexity index is 1360. The minimum absolute atomic E-state index is 0. The maximum Gasteiger partial charge on any atom is 0.410 e. The minimum atomic E-state index is -1.02. The Morgan fingerprint density at radius 2 is 1.77 bits per heavy atom. The van der Waals surface area contributed by atoms with Crippen molar-refractivity contribution in [2.24, 2.45) is 17.8 Å². The van der Waals surface area contributed by atoms with Crippen LogP contribution in [0.25, 0.3) is 0 Å². The van der Waals surface area contributed by atoms with Crippen molar-refractivity contribution in [2.45, 2.75) is 90.4 Å². The number of likely N-dealkylation sites (tertiary alicyclic amines) is 2. The molecule has 3 fully saturated rings. The van der Waals surface area contributed by atoms with Gasteiger partial charge in [-0.05, 0) is 117 Å². The van der Waals surface area contributed by atoms with Crippen LogP contribution in [0, 0.1) is 17.8 Å². The number of hydrogen-bond donors (Lipinski definition) is 1. The van der Waals surface area contributed by atoms with Gasteiger partial charge in [0, 0.05) is 53.1 Å². The quantitative estimate of drug-likeness (QED) is 0.366. The summed E-state index contributed by atoms with van der Waals surface area (Å²) in [5.74, 6) is -0.555. The van der Waals surface area contributed by atoms with Gasteiger partial charge in [-0.3, -0.25) is 14.4 Å². The number of amides is 4. The van der Waals surface area contributed by atoms with Gasteiger partial charge in [0.05, 0.1) is 17.5 Å². The first-order valence-electron chi connectivity index (χ1n) is 17.6. The van der Waals surface area contributed by atoms with Crippen LogP contribution in [0.15, 0.2) is 18.2 Å². The van der Waals surface area contributed by atoms with Crippen molar-refractivity contribution in [3.05, 3.63) is 18.2 Å². The largest absolute Gasteiger partial charge is 0.476 e. The Hall–Kier alpha value is -3.38. The van der Waals surface area contributed by atoms with Crippen LogP contribution in [0.3, 0.4) is 0 Å². The van der Waals surface area contributed by atoms with E-state index in [0.717, 1.165) is 38.8 Å². The molecule has 1 aromatic rings. The van der Waals surface area contributed by atoms with Gasteiger partial charge in [-0.1, -0.05) is 0 Å².